The number of nitrogens with zero attached hydrogens (tertiary/aromatic N) is 1. The molecule has 1 aromatic heterocycles. The van der Waals surface area contributed by atoms with E-state index >= 15 is 0 Å². The number of aromatic amines is 1. The first-order chi connectivity index (χ1) is 7.83. The van der Waals surface area contributed by atoms with Crippen LogP contribution in [0.3, 0.4) is 0 Å². The minimum atomic E-state index is 0.932. The van der Waals surface area contributed by atoms with Gasteiger partial charge in [0.2, 0.25) is 0 Å². The predicted molar refractivity (Wildman–Crippen MR) is 66.3 cm³/mol. The third kappa shape index (κ3) is 1.48. The number of aryl methyl sites for hydroxylation is 1. The first-order valence-electron chi connectivity index (χ1n) is 5.35. The zero-order chi connectivity index (χ0) is 11.0. The minimum Gasteiger partial charge on any atom is -0.338 e. The molecule has 0 fully saturated rings. The number of rotatable bonds is 1. The molecular formula is C14H12N2. The SMILES string of the molecule is Cc1ccc2nc(-c3ccccc3)[nH]c2c1. The maximum Gasteiger partial charge on any atom is 0.138 e. The highest BCUT2D eigenvalue weighted by Crippen LogP contribution is 2.20. The van der Waals surface area contributed by atoms with Crippen LogP contribution in [0.1, 0.15) is 5.56 Å². The van der Waals surface area contributed by atoms with Crippen molar-refractivity contribution < 1.29 is 0 Å². The standard InChI is InChI=1S/C14H12N2/c1-10-7-8-12-13(9-10)16-14(15-12)11-5-3-2-4-6-11/h2-9H,1H3,(H,15,16). The molecule has 0 spiro atoms. The Labute approximate surface area is 94.0 Å². The molecule has 0 bridgehead atoms. The second-order valence-corrected chi connectivity index (χ2v) is 3.97. The van der Waals surface area contributed by atoms with E-state index in [1.165, 1.54) is 5.56 Å². The van der Waals surface area contributed by atoms with Crippen molar-refractivity contribution in [3.05, 3.63) is 54.1 Å². The molecule has 0 aliphatic heterocycles. The predicted octanol–water partition coefficient (Wildman–Crippen LogP) is 3.54. The summed E-state index contributed by atoms with van der Waals surface area (Å²) in [6.45, 7) is 2.09. The Kier molecular flexibility index (Phi) is 2.00. The molecule has 0 atom stereocenters. The van der Waals surface area contributed by atoms with Crippen molar-refractivity contribution in [2.24, 2.45) is 0 Å². The van der Waals surface area contributed by atoms with E-state index in [-0.39, 0.29) is 0 Å². The Morgan fingerprint density at radius 1 is 1.00 bits per heavy atom. The smallest absolute Gasteiger partial charge is 0.138 e. The number of hydrogen-bond acceptors (Lipinski definition) is 1. The lowest BCUT2D eigenvalue weighted by Crippen LogP contribution is -1.77. The lowest BCUT2D eigenvalue weighted by molar-refractivity contribution is 1.34. The summed E-state index contributed by atoms with van der Waals surface area (Å²) in [5, 5.41) is 0. The molecule has 2 aromatic carbocycles. The molecule has 0 amide bonds. The normalized spacial score (nSPS) is 10.8. The molecule has 0 unspecified atom stereocenters. The Hall–Kier alpha value is -2.09. The molecule has 0 saturated heterocycles. The van der Waals surface area contributed by atoms with Crippen LogP contribution in [0.2, 0.25) is 0 Å². The van der Waals surface area contributed by atoms with E-state index in [9.17, 15) is 0 Å². The maximum atomic E-state index is 4.57. The third-order valence-corrected chi connectivity index (χ3v) is 2.68. The zero-order valence-electron chi connectivity index (χ0n) is 9.07. The van der Waals surface area contributed by atoms with Crippen LogP contribution in [0.4, 0.5) is 0 Å². The van der Waals surface area contributed by atoms with E-state index in [1.807, 2.05) is 24.3 Å². The molecule has 78 valence electrons. The Balaban J connectivity index is 2.19. The average Bonchev–Trinajstić information content (AvgIpc) is 2.73. The van der Waals surface area contributed by atoms with E-state index in [2.05, 4.69) is 41.2 Å². The van der Waals surface area contributed by atoms with Crippen LogP contribution >= 0.6 is 0 Å². The topological polar surface area (TPSA) is 28.7 Å². The van der Waals surface area contributed by atoms with Gasteiger partial charge in [-0.05, 0) is 24.6 Å². The van der Waals surface area contributed by atoms with Gasteiger partial charge in [0.15, 0.2) is 0 Å². The molecule has 0 radical (unpaired) electrons. The van der Waals surface area contributed by atoms with Crippen LogP contribution in [0.5, 0.6) is 0 Å². The van der Waals surface area contributed by atoms with E-state index in [0.29, 0.717) is 0 Å². The average molecular weight is 208 g/mol. The fourth-order valence-electron chi connectivity index (χ4n) is 1.86. The third-order valence-electron chi connectivity index (χ3n) is 2.68. The van der Waals surface area contributed by atoms with Crippen molar-refractivity contribution in [3.8, 4) is 11.4 Å². The van der Waals surface area contributed by atoms with E-state index in [4.69, 9.17) is 0 Å². The molecular weight excluding hydrogens is 196 g/mol. The summed E-state index contributed by atoms with van der Waals surface area (Å²) >= 11 is 0. The van der Waals surface area contributed by atoms with Gasteiger partial charge in [0.25, 0.3) is 0 Å². The van der Waals surface area contributed by atoms with Crippen molar-refractivity contribution in [1.29, 1.82) is 0 Å². The van der Waals surface area contributed by atoms with Crippen LogP contribution in [0.25, 0.3) is 22.4 Å². The summed E-state index contributed by atoms with van der Waals surface area (Å²) in [7, 11) is 0. The summed E-state index contributed by atoms with van der Waals surface area (Å²) in [5.74, 6) is 0.932. The molecule has 2 nitrogen and oxygen atoms in total. The van der Waals surface area contributed by atoms with Gasteiger partial charge in [-0.15, -0.1) is 0 Å². The number of hydrogen-bond donors (Lipinski definition) is 1. The molecule has 0 saturated carbocycles. The molecule has 2 heteroatoms. The van der Waals surface area contributed by atoms with Gasteiger partial charge in [-0.3, -0.25) is 0 Å². The first kappa shape index (κ1) is 9.16. The monoisotopic (exact) mass is 208 g/mol. The highest BCUT2D eigenvalue weighted by atomic mass is 14.9. The van der Waals surface area contributed by atoms with Crippen LogP contribution in [-0.2, 0) is 0 Å². The number of fused-ring (bicyclic) bond motifs is 1. The second-order valence-electron chi connectivity index (χ2n) is 3.97. The highest BCUT2D eigenvalue weighted by molar-refractivity contribution is 5.79. The van der Waals surface area contributed by atoms with Gasteiger partial charge < -0.3 is 4.98 Å². The number of nitrogens with one attached hydrogen (secondary N) is 1. The van der Waals surface area contributed by atoms with E-state index in [0.717, 1.165) is 22.4 Å². The maximum absolute atomic E-state index is 4.57. The lowest BCUT2D eigenvalue weighted by Gasteiger charge is -1.93. The Bertz CT molecular complexity index is 624. The van der Waals surface area contributed by atoms with E-state index in [1.54, 1.807) is 0 Å². The summed E-state index contributed by atoms with van der Waals surface area (Å²) in [6.07, 6.45) is 0. The second kappa shape index (κ2) is 3.49. The molecule has 1 heterocycles. The van der Waals surface area contributed by atoms with Crippen molar-refractivity contribution >= 4 is 11.0 Å². The van der Waals surface area contributed by atoms with Crippen molar-refractivity contribution in [2.75, 3.05) is 0 Å². The molecule has 1 N–H and O–H groups in total. The lowest BCUT2D eigenvalue weighted by atomic mass is 10.2. The molecule has 3 aromatic rings. The summed E-state index contributed by atoms with van der Waals surface area (Å²) < 4.78 is 0. The highest BCUT2D eigenvalue weighted by Gasteiger charge is 2.03. The first-order valence-corrected chi connectivity index (χ1v) is 5.35. The Morgan fingerprint density at radius 3 is 2.62 bits per heavy atom. The largest absolute Gasteiger partial charge is 0.338 e. The van der Waals surface area contributed by atoms with Gasteiger partial charge >= 0.3 is 0 Å². The number of H-pyrrole nitrogens is 1. The van der Waals surface area contributed by atoms with Crippen molar-refractivity contribution in [3.63, 3.8) is 0 Å². The quantitative estimate of drug-likeness (QED) is 0.651. The fraction of sp³-hybridized carbons (Fsp3) is 0.0714. The molecule has 0 aliphatic rings. The van der Waals surface area contributed by atoms with Gasteiger partial charge in [-0.1, -0.05) is 36.4 Å². The summed E-state index contributed by atoms with van der Waals surface area (Å²) in [6, 6.07) is 16.4. The van der Waals surface area contributed by atoms with Crippen LogP contribution in [-0.4, -0.2) is 9.97 Å². The van der Waals surface area contributed by atoms with Crippen molar-refractivity contribution in [1.82, 2.24) is 9.97 Å². The zero-order valence-corrected chi connectivity index (χ0v) is 9.07. The minimum absolute atomic E-state index is 0.932. The van der Waals surface area contributed by atoms with Gasteiger partial charge in [0.05, 0.1) is 11.0 Å². The summed E-state index contributed by atoms with van der Waals surface area (Å²) in [4.78, 5) is 7.91. The van der Waals surface area contributed by atoms with Gasteiger partial charge in [-0.2, -0.15) is 0 Å². The fourth-order valence-corrected chi connectivity index (χ4v) is 1.86. The number of aromatic nitrogens is 2. The number of benzene rings is 2. The molecule has 0 aliphatic carbocycles. The van der Waals surface area contributed by atoms with Crippen molar-refractivity contribution in [2.45, 2.75) is 6.92 Å². The van der Waals surface area contributed by atoms with Gasteiger partial charge in [0, 0.05) is 5.56 Å². The summed E-state index contributed by atoms with van der Waals surface area (Å²) in [5.41, 5.74) is 4.48. The van der Waals surface area contributed by atoms with E-state index < -0.39 is 0 Å². The van der Waals surface area contributed by atoms with Gasteiger partial charge in [-0.25, -0.2) is 4.98 Å². The van der Waals surface area contributed by atoms with Gasteiger partial charge in [0.1, 0.15) is 5.82 Å². The number of imidazole rings is 1. The molecule has 3 rings (SSSR count). The van der Waals surface area contributed by atoms with Crippen LogP contribution < -0.4 is 0 Å². The van der Waals surface area contributed by atoms with Crippen LogP contribution in [0.15, 0.2) is 48.5 Å². The molecule has 16 heavy (non-hydrogen) atoms. The Morgan fingerprint density at radius 2 is 1.81 bits per heavy atom. The van der Waals surface area contributed by atoms with Crippen LogP contribution in [0, 0.1) is 6.92 Å².